The van der Waals surface area contributed by atoms with Gasteiger partial charge in [0.2, 0.25) is 5.91 Å². The van der Waals surface area contributed by atoms with Crippen molar-refractivity contribution in [3.63, 3.8) is 0 Å². The van der Waals surface area contributed by atoms with Crippen LogP contribution >= 0.6 is 0 Å². The Balaban J connectivity index is 1.64. The van der Waals surface area contributed by atoms with Crippen molar-refractivity contribution in [2.24, 2.45) is 11.3 Å². The lowest BCUT2D eigenvalue weighted by molar-refractivity contribution is -0.120. The van der Waals surface area contributed by atoms with Crippen molar-refractivity contribution >= 4 is 23.4 Å². The third-order valence-corrected chi connectivity index (χ3v) is 7.35. The number of ether oxygens (including phenoxy) is 2. The number of carbonyl (C=O) groups excluding carboxylic acids is 2. The maximum Gasteiger partial charge on any atom is 0.414 e. The molecule has 7 nitrogen and oxygen atoms in total. The summed E-state index contributed by atoms with van der Waals surface area (Å²) in [6, 6.07) is 6.26. The molecule has 2 fully saturated rings. The largest absolute Gasteiger partial charge is 0.446 e. The molecule has 2 amide bonds. The van der Waals surface area contributed by atoms with Gasteiger partial charge in [0.25, 0.3) is 0 Å². The molecular formula is C28H43N3O4. The van der Waals surface area contributed by atoms with E-state index in [4.69, 9.17) is 9.47 Å². The molecular weight excluding hydrogens is 442 g/mol. The van der Waals surface area contributed by atoms with Gasteiger partial charge in [0.15, 0.2) is 0 Å². The van der Waals surface area contributed by atoms with Gasteiger partial charge in [0, 0.05) is 31.0 Å². The predicted molar refractivity (Wildman–Crippen MR) is 139 cm³/mol. The Morgan fingerprint density at radius 2 is 1.94 bits per heavy atom. The topological polar surface area (TPSA) is 62.3 Å². The second-order valence-corrected chi connectivity index (χ2v) is 11.6. The van der Waals surface area contributed by atoms with Gasteiger partial charge in [-0.1, -0.05) is 26.3 Å². The van der Waals surface area contributed by atoms with Crippen LogP contribution in [0.3, 0.4) is 0 Å². The Morgan fingerprint density at radius 1 is 1.23 bits per heavy atom. The van der Waals surface area contributed by atoms with Gasteiger partial charge in [0.05, 0.1) is 36.7 Å². The SMILES string of the molecule is CCCC(CN(C)CC1(C)COC1)c1ccc2c(c1)N(C(=O)OC(C)C)CC(C)N2C(=O)C1CC1. The van der Waals surface area contributed by atoms with Crippen LogP contribution in [0.2, 0.25) is 0 Å². The predicted octanol–water partition coefficient (Wildman–Crippen LogP) is 5.04. The number of fused-ring (bicyclic) bond motifs is 1. The number of hydrogen-bond donors (Lipinski definition) is 0. The molecule has 1 aliphatic carbocycles. The summed E-state index contributed by atoms with van der Waals surface area (Å²) in [6.45, 7) is 14.3. The quantitative estimate of drug-likeness (QED) is 0.491. The van der Waals surface area contributed by atoms with Gasteiger partial charge < -0.3 is 19.3 Å². The molecule has 0 radical (unpaired) electrons. The van der Waals surface area contributed by atoms with Crippen molar-refractivity contribution in [3.8, 4) is 0 Å². The molecule has 4 rings (SSSR count). The Morgan fingerprint density at radius 3 is 2.51 bits per heavy atom. The molecule has 1 aromatic rings. The highest BCUT2D eigenvalue weighted by Gasteiger charge is 2.42. The molecule has 1 aromatic carbocycles. The number of nitrogens with zero attached hydrogens (tertiary/aromatic N) is 3. The molecule has 35 heavy (non-hydrogen) atoms. The highest BCUT2D eigenvalue weighted by molar-refractivity contribution is 6.04. The summed E-state index contributed by atoms with van der Waals surface area (Å²) in [7, 11) is 2.19. The van der Waals surface area contributed by atoms with Crippen molar-refractivity contribution in [1.29, 1.82) is 0 Å². The van der Waals surface area contributed by atoms with E-state index < -0.39 is 0 Å². The van der Waals surface area contributed by atoms with E-state index in [2.05, 4.69) is 44.0 Å². The molecule has 0 aromatic heterocycles. The molecule has 0 bridgehead atoms. The van der Waals surface area contributed by atoms with Crippen LogP contribution in [0.25, 0.3) is 0 Å². The number of hydrogen-bond acceptors (Lipinski definition) is 5. The zero-order chi connectivity index (χ0) is 25.3. The number of benzene rings is 1. The summed E-state index contributed by atoms with van der Waals surface area (Å²) in [4.78, 5) is 32.4. The lowest BCUT2D eigenvalue weighted by Gasteiger charge is -2.42. The average Bonchev–Trinajstić information content (AvgIpc) is 3.61. The number of amides is 2. The van der Waals surface area contributed by atoms with Crippen molar-refractivity contribution in [1.82, 2.24) is 4.90 Å². The van der Waals surface area contributed by atoms with Crippen LogP contribution in [0.5, 0.6) is 0 Å². The second-order valence-electron chi connectivity index (χ2n) is 11.6. The van der Waals surface area contributed by atoms with Gasteiger partial charge in [-0.15, -0.1) is 0 Å². The maximum absolute atomic E-state index is 13.2. The summed E-state index contributed by atoms with van der Waals surface area (Å²) in [5.41, 5.74) is 3.07. The van der Waals surface area contributed by atoms with Crippen molar-refractivity contribution in [2.45, 2.75) is 78.4 Å². The van der Waals surface area contributed by atoms with Crippen molar-refractivity contribution in [3.05, 3.63) is 23.8 Å². The van der Waals surface area contributed by atoms with E-state index in [1.54, 1.807) is 4.90 Å². The van der Waals surface area contributed by atoms with Crippen LogP contribution in [-0.2, 0) is 14.3 Å². The van der Waals surface area contributed by atoms with Crippen LogP contribution < -0.4 is 9.80 Å². The van der Waals surface area contributed by atoms with E-state index in [-0.39, 0.29) is 35.5 Å². The lowest BCUT2D eigenvalue weighted by atomic mass is 9.87. The molecule has 0 spiro atoms. The molecule has 1 saturated carbocycles. The summed E-state index contributed by atoms with van der Waals surface area (Å²) < 4.78 is 11.1. The van der Waals surface area contributed by atoms with Crippen LogP contribution in [0.4, 0.5) is 16.2 Å². The fourth-order valence-electron chi connectivity index (χ4n) is 5.54. The molecule has 7 heteroatoms. The van der Waals surface area contributed by atoms with E-state index in [1.165, 1.54) is 5.56 Å². The number of rotatable bonds is 9. The van der Waals surface area contributed by atoms with E-state index in [0.29, 0.717) is 12.5 Å². The second kappa shape index (κ2) is 10.5. The third kappa shape index (κ3) is 5.83. The average molecular weight is 486 g/mol. The van der Waals surface area contributed by atoms with E-state index in [0.717, 1.165) is 63.4 Å². The summed E-state index contributed by atoms with van der Waals surface area (Å²) >= 11 is 0. The first-order chi connectivity index (χ1) is 16.6. The first kappa shape index (κ1) is 26.0. The molecule has 2 heterocycles. The molecule has 3 aliphatic rings. The van der Waals surface area contributed by atoms with Gasteiger partial charge in [-0.2, -0.15) is 0 Å². The number of likely N-dealkylation sites (N-methyl/N-ethyl adjacent to an activating group) is 1. The zero-order valence-electron chi connectivity index (χ0n) is 22.4. The van der Waals surface area contributed by atoms with Crippen LogP contribution in [0.1, 0.15) is 71.8 Å². The molecule has 194 valence electrons. The zero-order valence-corrected chi connectivity index (χ0v) is 22.4. The highest BCUT2D eigenvalue weighted by Crippen LogP contribution is 2.42. The van der Waals surface area contributed by atoms with Gasteiger partial charge in [0.1, 0.15) is 0 Å². The summed E-state index contributed by atoms with van der Waals surface area (Å²) in [5, 5.41) is 0. The minimum absolute atomic E-state index is 0.0934. The fraction of sp³-hybridized carbons (Fsp3) is 0.714. The Bertz CT molecular complexity index is 925. The fourth-order valence-corrected chi connectivity index (χ4v) is 5.54. The first-order valence-electron chi connectivity index (χ1n) is 13.3. The van der Waals surface area contributed by atoms with E-state index >= 15 is 0 Å². The van der Waals surface area contributed by atoms with Crippen LogP contribution in [0.15, 0.2) is 18.2 Å². The normalized spacial score (nSPS) is 22.1. The highest BCUT2D eigenvalue weighted by atomic mass is 16.6. The third-order valence-electron chi connectivity index (χ3n) is 7.35. The molecule has 0 N–H and O–H groups in total. The smallest absolute Gasteiger partial charge is 0.414 e. The summed E-state index contributed by atoms with van der Waals surface area (Å²) in [5.74, 6) is 0.649. The number of anilines is 2. The standard InChI is InChI=1S/C28H43N3O4/c1-7-8-23(15-29(6)16-28(5)17-34-18-28)22-11-12-24-25(13-22)30(27(33)35-19(2)3)14-20(4)31(24)26(32)21-9-10-21/h11-13,19-21,23H,7-10,14-18H2,1-6H3. The van der Waals surface area contributed by atoms with E-state index in [1.807, 2.05) is 25.7 Å². The lowest BCUT2D eigenvalue weighted by Crippen LogP contribution is -2.52. The van der Waals surface area contributed by atoms with Crippen LogP contribution in [0, 0.1) is 11.3 Å². The molecule has 2 atom stereocenters. The minimum atomic E-state index is -0.342. The van der Waals surface area contributed by atoms with Crippen molar-refractivity contribution < 1.29 is 19.1 Å². The van der Waals surface area contributed by atoms with Crippen LogP contribution in [-0.4, -0.2) is 68.9 Å². The minimum Gasteiger partial charge on any atom is -0.446 e. The monoisotopic (exact) mass is 485 g/mol. The molecule has 1 saturated heterocycles. The Hall–Kier alpha value is -2.12. The molecule has 2 unspecified atom stereocenters. The molecule has 2 aliphatic heterocycles. The van der Waals surface area contributed by atoms with Gasteiger partial charge in [-0.3, -0.25) is 9.69 Å². The van der Waals surface area contributed by atoms with Gasteiger partial charge in [-0.25, -0.2) is 4.79 Å². The maximum atomic E-state index is 13.2. The van der Waals surface area contributed by atoms with Gasteiger partial charge in [-0.05, 0) is 70.7 Å². The Kier molecular flexibility index (Phi) is 7.77. The van der Waals surface area contributed by atoms with Gasteiger partial charge >= 0.3 is 6.09 Å². The summed E-state index contributed by atoms with van der Waals surface area (Å²) in [6.07, 6.45) is 3.53. The van der Waals surface area contributed by atoms with Crippen molar-refractivity contribution in [2.75, 3.05) is 49.7 Å². The van der Waals surface area contributed by atoms with E-state index in [9.17, 15) is 9.59 Å². The first-order valence-corrected chi connectivity index (χ1v) is 13.3. The number of carbonyl (C=O) groups is 2. The Labute approximate surface area is 210 Å².